The first-order valence-corrected chi connectivity index (χ1v) is 15.0. The number of nitrogens with zero attached hydrogens (tertiary/aromatic N) is 1. The van der Waals surface area contributed by atoms with Gasteiger partial charge in [0.15, 0.2) is 11.6 Å². The number of ether oxygens (including phenoxy) is 1. The number of nitrogens with one attached hydrogen (secondary N) is 2. The van der Waals surface area contributed by atoms with Crippen LogP contribution in [0.1, 0.15) is 40.8 Å². The van der Waals surface area contributed by atoms with Crippen LogP contribution >= 0.6 is 11.8 Å². The summed E-state index contributed by atoms with van der Waals surface area (Å²) >= 11 is 1.29. The van der Waals surface area contributed by atoms with Gasteiger partial charge in [-0.15, -0.1) is 11.8 Å². The summed E-state index contributed by atoms with van der Waals surface area (Å²) in [5.41, 5.74) is -0.145. The van der Waals surface area contributed by atoms with E-state index in [4.69, 9.17) is 4.74 Å². The van der Waals surface area contributed by atoms with Crippen LogP contribution in [-0.2, 0) is 23.9 Å². The molecule has 0 saturated carbocycles. The zero-order valence-corrected chi connectivity index (χ0v) is 25.5. The number of pyridine rings is 1. The first-order chi connectivity index (χ1) is 21.4. The molecule has 1 aromatic heterocycles. The smallest absolute Gasteiger partial charge is 0.416 e. The molecule has 2 heterocycles. The highest BCUT2D eigenvalue weighted by molar-refractivity contribution is 7.99. The predicted molar refractivity (Wildman–Crippen MR) is 164 cm³/mol. The van der Waals surface area contributed by atoms with Gasteiger partial charge in [0.1, 0.15) is 5.82 Å². The summed E-state index contributed by atoms with van der Waals surface area (Å²) in [6.07, 6.45) is -5.26. The molecule has 4 aromatic rings. The van der Waals surface area contributed by atoms with E-state index >= 15 is 8.78 Å². The van der Waals surface area contributed by atoms with Crippen molar-refractivity contribution in [2.45, 2.75) is 44.1 Å². The van der Waals surface area contributed by atoms with Crippen molar-refractivity contribution in [3.8, 4) is 16.9 Å². The molecular formula is C33H30F5N3O3S. The first kappa shape index (κ1) is 32.2. The first-order valence-electron chi connectivity index (χ1n) is 14.1. The summed E-state index contributed by atoms with van der Waals surface area (Å²) in [7, 11) is 1.29. The molecule has 2 N–H and O–H groups in total. The lowest BCUT2D eigenvalue weighted by atomic mass is 9.92. The second-order valence-corrected chi connectivity index (χ2v) is 11.7. The molecule has 0 aliphatic carbocycles. The van der Waals surface area contributed by atoms with E-state index in [-0.39, 0.29) is 28.3 Å². The topological polar surface area (TPSA) is 72.4 Å². The van der Waals surface area contributed by atoms with Crippen molar-refractivity contribution in [2.75, 3.05) is 24.7 Å². The Morgan fingerprint density at radius 2 is 1.80 bits per heavy atom. The van der Waals surface area contributed by atoms with Crippen molar-refractivity contribution in [3.63, 3.8) is 0 Å². The molecule has 0 fully saturated rings. The van der Waals surface area contributed by atoms with E-state index in [2.05, 4.69) is 10.6 Å². The minimum atomic E-state index is -4.81. The van der Waals surface area contributed by atoms with Gasteiger partial charge in [-0.25, -0.2) is 8.78 Å². The number of thioether (sulfide) groups is 1. The van der Waals surface area contributed by atoms with E-state index in [0.29, 0.717) is 35.1 Å². The molecule has 5 rings (SSSR count). The fourth-order valence-corrected chi connectivity index (χ4v) is 7.02. The second kappa shape index (κ2) is 13.1. The molecule has 1 amide bonds. The number of halogens is 5. The maximum Gasteiger partial charge on any atom is 0.416 e. The van der Waals surface area contributed by atoms with Crippen molar-refractivity contribution in [3.05, 3.63) is 110 Å². The lowest BCUT2D eigenvalue weighted by Crippen LogP contribution is -2.33. The average molecular weight is 644 g/mol. The number of amides is 1. The van der Waals surface area contributed by atoms with Crippen LogP contribution in [0.2, 0.25) is 0 Å². The van der Waals surface area contributed by atoms with E-state index in [1.807, 2.05) is 12.1 Å². The lowest BCUT2D eigenvalue weighted by molar-refractivity contribution is -0.138. The van der Waals surface area contributed by atoms with Gasteiger partial charge in [-0.3, -0.25) is 14.2 Å². The van der Waals surface area contributed by atoms with Crippen LogP contribution in [0.3, 0.4) is 0 Å². The Morgan fingerprint density at radius 1 is 1.07 bits per heavy atom. The van der Waals surface area contributed by atoms with Crippen LogP contribution < -0.4 is 20.9 Å². The van der Waals surface area contributed by atoms with Gasteiger partial charge in [0.05, 0.1) is 29.3 Å². The fourth-order valence-electron chi connectivity index (χ4n) is 5.63. The van der Waals surface area contributed by atoms with E-state index in [0.717, 1.165) is 23.8 Å². The highest BCUT2D eigenvalue weighted by Gasteiger charge is 2.36. The van der Waals surface area contributed by atoms with Crippen molar-refractivity contribution >= 4 is 23.4 Å². The van der Waals surface area contributed by atoms with Crippen molar-refractivity contribution in [1.29, 1.82) is 0 Å². The summed E-state index contributed by atoms with van der Waals surface area (Å²) in [4.78, 5) is 25.6. The molecule has 0 radical (unpaired) electrons. The SMILES string of the molecule is COc1cccc(-c2c(C)c(Cc3c(F)cccc3C(F)(F)F)c3n(c2=O)C(CNCc2cccc(NC(C)=O)c2)CS3)c1F. The summed E-state index contributed by atoms with van der Waals surface area (Å²) in [6.45, 7) is 3.67. The molecule has 1 unspecified atom stereocenters. The highest BCUT2D eigenvalue weighted by atomic mass is 32.2. The van der Waals surface area contributed by atoms with Gasteiger partial charge in [-0.1, -0.05) is 30.3 Å². The van der Waals surface area contributed by atoms with Crippen LogP contribution in [0.15, 0.2) is 70.5 Å². The molecule has 45 heavy (non-hydrogen) atoms. The number of rotatable bonds is 9. The Labute approximate surface area is 260 Å². The molecule has 1 aliphatic rings. The quantitative estimate of drug-likeness (QED) is 0.190. The largest absolute Gasteiger partial charge is 0.494 e. The van der Waals surface area contributed by atoms with Crippen molar-refractivity contribution in [1.82, 2.24) is 9.88 Å². The van der Waals surface area contributed by atoms with Gasteiger partial charge in [-0.2, -0.15) is 13.2 Å². The van der Waals surface area contributed by atoms with Crippen LogP contribution in [-0.4, -0.2) is 29.9 Å². The summed E-state index contributed by atoms with van der Waals surface area (Å²) in [5, 5.41) is 6.46. The number of aromatic nitrogens is 1. The zero-order chi connectivity index (χ0) is 32.5. The molecule has 3 aromatic carbocycles. The van der Waals surface area contributed by atoms with Crippen molar-refractivity contribution in [2.24, 2.45) is 0 Å². The fraction of sp³-hybridized carbons (Fsp3) is 0.273. The Kier molecular flexibility index (Phi) is 9.36. The number of anilines is 1. The molecule has 12 heteroatoms. The van der Waals surface area contributed by atoms with Crippen molar-refractivity contribution < 1.29 is 31.5 Å². The third kappa shape index (κ3) is 6.62. The molecular weight excluding hydrogens is 613 g/mol. The predicted octanol–water partition coefficient (Wildman–Crippen LogP) is 7.12. The standard InChI is InChI=1S/C33H30F5N3O3S/c1-18-24(14-25-26(33(36,37)38)10-6-11-27(25)34)32-41(31(43)29(18)23-9-5-12-28(44-3)30(23)35)22(17-45-32)16-39-15-20-7-4-8-21(13-20)40-19(2)42/h4-13,22,39H,14-17H2,1-3H3,(H,40,42). The Bertz CT molecular complexity index is 1820. The molecule has 1 atom stereocenters. The third-order valence-electron chi connectivity index (χ3n) is 7.70. The number of carbonyl (C=O) groups is 1. The van der Waals surface area contributed by atoms with Crippen LogP contribution in [0.25, 0.3) is 11.1 Å². The minimum absolute atomic E-state index is 0.0226. The summed E-state index contributed by atoms with van der Waals surface area (Å²) in [5.74, 6) is -1.69. The lowest BCUT2D eigenvalue weighted by Gasteiger charge is -2.22. The van der Waals surface area contributed by atoms with E-state index < -0.39 is 47.0 Å². The van der Waals surface area contributed by atoms with E-state index in [1.165, 1.54) is 48.6 Å². The molecule has 0 spiro atoms. The molecule has 236 valence electrons. The molecule has 6 nitrogen and oxygen atoms in total. The number of alkyl halides is 3. The van der Waals surface area contributed by atoms with Gasteiger partial charge >= 0.3 is 6.18 Å². The zero-order valence-electron chi connectivity index (χ0n) is 24.6. The number of fused-ring (bicyclic) bond motifs is 1. The maximum atomic E-state index is 15.6. The molecule has 0 saturated heterocycles. The van der Waals surface area contributed by atoms with Gasteiger partial charge < -0.3 is 15.4 Å². The maximum absolute atomic E-state index is 15.6. The summed E-state index contributed by atoms with van der Waals surface area (Å²) in [6, 6.07) is 14.0. The van der Waals surface area contributed by atoms with Gasteiger partial charge in [0, 0.05) is 49.0 Å². The monoisotopic (exact) mass is 643 g/mol. The molecule has 0 bridgehead atoms. The Morgan fingerprint density at radius 3 is 2.51 bits per heavy atom. The van der Waals surface area contributed by atoms with Crippen LogP contribution in [0, 0.1) is 18.6 Å². The van der Waals surface area contributed by atoms with Gasteiger partial charge in [-0.05, 0) is 53.9 Å². The Hall–Kier alpha value is -4.16. The number of methoxy groups -OCH3 is 1. The summed E-state index contributed by atoms with van der Waals surface area (Å²) < 4.78 is 79.1. The number of benzene rings is 3. The average Bonchev–Trinajstić information content (AvgIpc) is 3.40. The number of hydrogen-bond acceptors (Lipinski definition) is 5. The number of hydrogen-bond donors (Lipinski definition) is 2. The van der Waals surface area contributed by atoms with Crippen LogP contribution in [0.4, 0.5) is 27.6 Å². The second-order valence-electron chi connectivity index (χ2n) is 10.7. The number of carbonyl (C=O) groups excluding carboxylic acids is 1. The van der Waals surface area contributed by atoms with Gasteiger partial charge in [0.25, 0.3) is 5.56 Å². The van der Waals surface area contributed by atoms with Gasteiger partial charge in [0.2, 0.25) is 5.91 Å². The normalized spacial score (nSPS) is 14.4. The Balaban J connectivity index is 1.58. The van der Waals surface area contributed by atoms with Crippen LogP contribution in [0.5, 0.6) is 5.75 Å². The third-order valence-corrected chi connectivity index (χ3v) is 8.97. The molecule has 1 aliphatic heterocycles. The highest BCUT2D eigenvalue weighted by Crippen LogP contribution is 2.42. The van der Waals surface area contributed by atoms with E-state index in [1.54, 1.807) is 19.1 Å². The minimum Gasteiger partial charge on any atom is -0.494 e. The van der Waals surface area contributed by atoms with E-state index in [9.17, 15) is 22.8 Å².